The number of carbonyl (C=O) groups is 1. The van der Waals surface area contributed by atoms with E-state index in [1.807, 2.05) is 0 Å². The van der Waals surface area contributed by atoms with Crippen molar-refractivity contribution in [1.82, 2.24) is 10.3 Å². The van der Waals surface area contributed by atoms with Gasteiger partial charge in [-0.05, 0) is 55.7 Å². The summed E-state index contributed by atoms with van der Waals surface area (Å²) in [5.74, 6) is -0.914. The fourth-order valence-corrected chi connectivity index (χ4v) is 5.29. The van der Waals surface area contributed by atoms with E-state index in [1.54, 1.807) is 31.2 Å². The molecule has 3 aromatic rings. The van der Waals surface area contributed by atoms with Crippen LogP contribution in [-0.4, -0.2) is 48.8 Å². The molecule has 1 aliphatic rings. The van der Waals surface area contributed by atoms with Gasteiger partial charge < -0.3 is 25.1 Å². The topological polar surface area (TPSA) is 88.3 Å². The van der Waals surface area contributed by atoms with Crippen molar-refractivity contribution in [2.75, 3.05) is 38.1 Å². The minimum absolute atomic E-state index is 0.00462. The van der Waals surface area contributed by atoms with E-state index in [4.69, 9.17) is 0 Å². The molecule has 1 saturated heterocycles. The highest BCUT2D eigenvalue weighted by atomic mass is 19.4. The molecule has 0 atom stereocenters. The van der Waals surface area contributed by atoms with Crippen LogP contribution in [0.15, 0.2) is 53.5 Å². The van der Waals surface area contributed by atoms with E-state index in [1.165, 1.54) is 27.1 Å². The Morgan fingerprint density at radius 3 is 2.02 bits per heavy atom. The van der Waals surface area contributed by atoms with E-state index >= 15 is 0 Å². The standard InChI is InChI=1S/C30H32F6N4O3/c1-18-7-5-6-8-22(18)25-23(17-40(43)11-9-37-10-12-40)38-16-24(26(25)41)39(4)27(42)28(2,3)19-13-20(29(31,32)33)15-21(14-19)30(34,35)36/h5-8,13-16,37H,9-12,17H2,1-4H3,(H,38,41). The monoisotopic (exact) mass is 610 g/mol. The van der Waals surface area contributed by atoms with Gasteiger partial charge in [0.2, 0.25) is 11.3 Å². The van der Waals surface area contributed by atoms with E-state index in [-0.39, 0.29) is 37.0 Å². The van der Waals surface area contributed by atoms with Crippen LogP contribution in [0.1, 0.15) is 41.8 Å². The Morgan fingerprint density at radius 1 is 0.953 bits per heavy atom. The first-order chi connectivity index (χ1) is 19.8. The molecule has 1 amide bonds. The number of pyridine rings is 1. The Balaban J connectivity index is 1.81. The van der Waals surface area contributed by atoms with Crippen molar-refractivity contribution in [2.24, 2.45) is 0 Å². The number of alkyl halides is 6. The lowest BCUT2D eigenvalue weighted by Gasteiger charge is -2.45. The average molecular weight is 611 g/mol. The average Bonchev–Trinajstić information content (AvgIpc) is 2.92. The van der Waals surface area contributed by atoms with Gasteiger partial charge in [0.25, 0.3) is 0 Å². The summed E-state index contributed by atoms with van der Waals surface area (Å²) in [4.78, 5) is 31.7. The molecule has 13 heteroatoms. The number of hydrogen-bond acceptors (Lipinski definition) is 4. The van der Waals surface area contributed by atoms with Gasteiger partial charge in [0.05, 0.1) is 40.9 Å². The van der Waals surface area contributed by atoms with Gasteiger partial charge >= 0.3 is 12.4 Å². The summed E-state index contributed by atoms with van der Waals surface area (Å²) in [5, 5.41) is 16.6. The van der Waals surface area contributed by atoms with E-state index in [0.717, 1.165) is 10.5 Å². The molecule has 232 valence electrons. The molecule has 1 fully saturated rings. The fourth-order valence-electron chi connectivity index (χ4n) is 5.29. The molecule has 7 nitrogen and oxygen atoms in total. The van der Waals surface area contributed by atoms with Crippen molar-refractivity contribution < 1.29 is 35.8 Å². The molecule has 0 bridgehead atoms. The fraction of sp³-hybridized carbons (Fsp3) is 0.400. The van der Waals surface area contributed by atoms with Gasteiger partial charge in [-0.25, -0.2) is 0 Å². The first-order valence-corrected chi connectivity index (χ1v) is 13.5. The third-order valence-corrected chi connectivity index (χ3v) is 7.91. The number of aryl methyl sites for hydroxylation is 1. The van der Waals surface area contributed by atoms with Crippen LogP contribution in [-0.2, 0) is 29.1 Å². The number of carbonyl (C=O) groups excluding carboxylic acids is 1. The zero-order chi connectivity index (χ0) is 32.0. The Morgan fingerprint density at radius 2 is 1.49 bits per heavy atom. The molecule has 1 aliphatic heterocycles. The van der Waals surface area contributed by atoms with E-state index in [9.17, 15) is 41.1 Å². The second-order valence-corrected chi connectivity index (χ2v) is 11.4. The molecular weight excluding hydrogens is 578 g/mol. The van der Waals surface area contributed by atoms with Crippen LogP contribution in [0.3, 0.4) is 0 Å². The number of piperazine rings is 1. The number of hydrogen-bond donors (Lipinski definition) is 2. The molecule has 0 aliphatic carbocycles. The summed E-state index contributed by atoms with van der Waals surface area (Å²) in [6.07, 6.45) is -8.94. The summed E-state index contributed by atoms with van der Waals surface area (Å²) in [7, 11) is 1.23. The van der Waals surface area contributed by atoms with Crippen molar-refractivity contribution >= 4 is 11.6 Å². The Bertz CT molecular complexity index is 1540. The van der Waals surface area contributed by atoms with Crippen LogP contribution in [0.4, 0.5) is 32.0 Å². The summed E-state index contributed by atoms with van der Waals surface area (Å²) in [6, 6.07) is 7.99. The molecule has 1 aromatic heterocycles. The highest BCUT2D eigenvalue weighted by molar-refractivity contribution is 6.00. The van der Waals surface area contributed by atoms with Crippen molar-refractivity contribution in [3.8, 4) is 11.1 Å². The van der Waals surface area contributed by atoms with Gasteiger partial charge in [0.15, 0.2) is 0 Å². The first kappa shape index (κ1) is 32.2. The normalized spacial score (nSPS) is 15.8. The predicted octanol–water partition coefficient (Wildman–Crippen LogP) is 5.75. The number of aromatic nitrogens is 1. The number of amides is 1. The maximum atomic E-state index is 14.0. The number of H-pyrrole nitrogens is 1. The number of hydroxylamine groups is 3. The van der Waals surface area contributed by atoms with Gasteiger partial charge in [0, 0.05) is 26.3 Å². The SMILES string of the molecule is Cc1ccccc1-c1c(C[N+]2([O-])CCNCC2)[nH]cc(N(C)C(=O)C(C)(C)c2cc(C(F)(F)F)cc(C(F)(F)F)c2)c1=O. The highest BCUT2D eigenvalue weighted by Gasteiger charge is 2.41. The molecule has 2 heterocycles. The number of quaternary nitrogens is 1. The van der Waals surface area contributed by atoms with Crippen LogP contribution in [0.5, 0.6) is 0 Å². The molecule has 0 unspecified atom stereocenters. The molecule has 0 saturated carbocycles. The van der Waals surface area contributed by atoms with Gasteiger partial charge in [-0.15, -0.1) is 0 Å². The van der Waals surface area contributed by atoms with Gasteiger partial charge in [-0.2, -0.15) is 26.3 Å². The highest BCUT2D eigenvalue weighted by Crippen LogP contribution is 2.40. The number of nitrogens with one attached hydrogen (secondary N) is 2. The third-order valence-electron chi connectivity index (χ3n) is 7.91. The van der Waals surface area contributed by atoms with Crippen molar-refractivity contribution in [1.29, 1.82) is 0 Å². The summed E-state index contributed by atoms with van der Waals surface area (Å²) >= 11 is 0. The van der Waals surface area contributed by atoms with Gasteiger partial charge in [-0.3, -0.25) is 9.59 Å². The van der Waals surface area contributed by atoms with Gasteiger partial charge in [0.1, 0.15) is 12.2 Å². The zero-order valence-electron chi connectivity index (χ0n) is 24.0. The lowest BCUT2D eigenvalue weighted by atomic mass is 9.81. The minimum atomic E-state index is -5.09. The Labute approximate surface area is 244 Å². The van der Waals surface area contributed by atoms with Crippen molar-refractivity contribution in [2.45, 2.75) is 45.1 Å². The lowest BCUT2D eigenvalue weighted by Crippen LogP contribution is -2.54. The molecule has 2 aromatic carbocycles. The summed E-state index contributed by atoms with van der Waals surface area (Å²) < 4.78 is 80.6. The van der Waals surface area contributed by atoms with Crippen LogP contribution in [0.25, 0.3) is 11.1 Å². The number of halogens is 6. The van der Waals surface area contributed by atoms with Gasteiger partial charge in [-0.1, -0.05) is 24.3 Å². The second-order valence-electron chi connectivity index (χ2n) is 11.4. The quantitative estimate of drug-likeness (QED) is 0.212. The number of nitrogens with zero attached hydrogens (tertiary/aromatic N) is 2. The number of anilines is 1. The van der Waals surface area contributed by atoms with E-state index in [2.05, 4.69) is 10.3 Å². The van der Waals surface area contributed by atoms with Crippen LogP contribution in [0, 0.1) is 12.1 Å². The maximum Gasteiger partial charge on any atom is 0.416 e. The Kier molecular flexibility index (Phi) is 8.57. The number of rotatable bonds is 6. The summed E-state index contributed by atoms with van der Waals surface area (Å²) in [5.41, 5.74) is -4.55. The van der Waals surface area contributed by atoms with Crippen molar-refractivity contribution in [3.05, 3.63) is 92.0 Å². The molecule has 4 rings (SSSR count). The van der Waals surface area contributed by atoms with Crippen LogP contribution >= 0.6 is 0 Å². The molecule has 0 spiro atoms. The molecule has 43 heavy (non-hydrogen) atoms. The smallest absolute Gasteiger partial charge is 0.416 e. The number of benzene rings is 2. The Hall–Kier alpha value is -3.68. The third kappa shape index (κ3) is 6.63. The van der Waals surface area contributed by atoms with E-state index < -0.39 is 50.4 Å². The largest absolute Gasteiger partial charge is 0.632 e. The van der Waals surface area contributed by atoms with Crippen LogP contribution in [0.2, 0.25) is 0 Å². The zero-order valence-corrected chi connectivity index (χ0v) is 24.0. The molecular formula is C30H32F6N4O3. The summed E-state index contributed by atoms with van der Waals surface area (Å²) in [6.45, 7) is 5.69. The number of aromatic amines is 1. The van der Waals surface area contributed by atoms with Crippen molar-refractivity contribution in [3.63, 3.8) is 0 Å². The second kappa shape index (κ2) is 11.4. The molecule has 2 N–H and O–H groups in total. The first-order valence-electron chi connectivity index (χ1n) is 13.5. The number of likely N-dealkylation sites (N-methyl/N-ethyl adjacent to an activating group) is 1. The lowest BCUT2D eigenvalue weighted by molar-refractivity contribution is -0.895. The molecule has 0 radical (unpaired) electrons. The predicted molar refractivity (Wildman–Crippen MR) is 150 cm³/mol. The minimum Gasteiger partial charge on any atom is -0.632 e. The van der Waals surface area contributed by atoms with E-state index in [0.29, 0.717) is 36.5 Å². The van der Waals surface area contributed by atoms with Crippen LogP contribution < -0.4 is 15.6 Å². The maximum absolute atomic E-state index is 14.0.